The zero-order valence-electron chi connectivity index (χ0n) is 26.5. The van der Waals surface area contributed by atoms with Crippen LogP contribution in [0.4, 0.5) is 4.39 Å². The first-order chi connectivity index (χ1) is 23.5. The number of hydrogen-bond acceptors (Lipinski definition) is 3. The van der Waals surface area contributed by atoms with E-state index in [2.05, 4.69) is 90.1 Å². The molecule has 1 atom stereocenters. The van der Waals surface area contributed by atoms with E-state index < -0.39 is 6.17 Å². The number of rotatable bonds is 3. The molecule has 0 spiro atoms. The molecule has 5 aromatic carbocycles. The van der Waals surface area contributed by atoms with Crippen LogP contribution in [0.5, 0.6) is 0 Å². The molecule has 7 heteroatoms. The van der Waals surface area contributed by atoms with E-state index in [0.29, 0.717) is 11.1 Å². The Bertz CT molecular complexity index is 2780. The number of aromatic nitrogens is 4. The van der Waals surface area contributed by atoms with E-state index in [1.54, 1.807) is 18.0 Å². The number of pyridine rings is 2. The van der Waals surface area contributed by atoms with Crippen LogP contribution < -0.4 is 0 Å². The molecule has 9 aromatic rings. The Hall–Kier alpha value is -4.77. The van der Waals surface area contributed by atoms with Crippen molar-refractivity contribution in [2.75, 3.05) is 0 Å². The second-order valence-corrected chi connectivity index (χ2v) is 14.0. The third-order valence-electron chi connectivity index (χ3n) is 9.93. The van der Waals surface area contributed by atoms with Crippen molar-refractivity contribution >= 4 is 61.0 Å². The maximum Gasteiger partial charge on any atom is 2.00 e. The first-order valence-corrected chi connectivity index (χ1v) is 16.9. The van der Waals surface area contributed by atoms with Crippen molar-refractivity contribution in [2.45, 2.75) is 35.2 Å². The molecule has 0 radical (unpaired) electrons. The Morgan fingerprint density at radius 3 is 2.39 bits per heavy atom. The van der Waals surface area contributed by atoms with Crippen LogP contribution in [0.15, 0.2) is 132 Å². The number of hydrogen-bond donors (Lipinski definition) is 0. The summed E-state index contributed by atoms with van der Waals surface area (Å²) < 4.78 is 21.0. The van der Waals surface area contributed by atoms with Gasteiger partial charge in [0.05, 0.1) is 11.2 Å². The molecule has 0 N–H and O–H groups in total. The topological polar surface area (TPSA) is 35.1 Å². The van der Waals surface area contributed by atoms with Gasteiger partial charge in [0.15, 0.2) is 0 Å². The minimum Gasteiger partial charge on any atom is -0.340 e. The summed E-state index contributed by atoms with van der Waals surface area (Å²) in [5.41, 5.74) is 7.65. The Morgan fingerprint density at radius 2 is 1.47 bits per heavy atom. The molecule has 1 unspecified atom stereocenters. The van der Waals surface area contributed by atoms with Gasteiger partial charge >= 0.3 is 21.1 Å². The number of benzene rings is 5. The van der Waals surface area contributed by atoms with Gasteiger partial charge < -0.3 is 8.97 Å². The molecular weight excluding hydrogens is 807 g/mol. The van der Waals surface area contributed by atoms with Crippen molar-refractivity contribution in [1.29, 1.82) is 0 Å². The first kappa shape index (κ1) is 30.3. The van der Waals surface area contributed by atoms with Gasteiger partial charge in [-0.15, -0.1) is 29.8 Å². The van der Waals surface area contributed by atoms with Crippen LogP contribution in [0.25, 0.3) is 54.9 Å². The third kappa shape index (κ3) is 4.33. The number of alkyl halides is 1. The van der Waals surface area contributed by atoms with Crippen LogP contribution in [-0.2, 0) is 26.5 Å². The van der Waals surface area contributed by atoms with Gasteiger partial charge in [-0.2, -0.15) is 18.2 Å². The molecule has 10 rings (SSSR count). The van der Waals surface area contributed by atoms with Crippen LogP contribution >= 0.6 is 11.8 Å². The minimum absolute atomic E-state index is 0. The minimum atomic E-state index is -1.44. The van der Waals surface area contributed by atoms with Crippen molar-refractivity contribution < 1.29 is 25.5 Å². The van der Waals surface area contributed by atoms with Gasteiger partial charge in [0.1, 0.15) is 11.8 Å². The molecule has 4 aromatic heterocycles. The average Bonchev–Trinajstić information content (AvgIpc) is 3.75. The largest absolute Gasteiger partial charge is 2.00 e. The molecule has 0 bridgehead atoms. The number of nitrogens with zero attached hydrogens (tertiary/aromatic N) is 4. The van der Waals surface area contributed by atoms with Gasteiger partial charge in [-0.1, -0.05) is 90.1 Å². The van der Waals surface area contributed by atoms with Crippen molar-refractivity contribution in [3.05, 3.63) is 156 Å². The van der Waals surface area contributed by atoms with Gasteiger partial charge in [0.2, 0.25) is 0 Å². The fraction of sp³-hybridized carbons (Fsp3) is 0.0952. The molecule has 0 fully saturated rings. The second kappa shape index (κ2) is 11.1. The monoisotopic (exact) mass is 833 g/mol. The van der Waals surface area contributed by atoms with Crippen molar-refractivity contribution in [2.24, 2.45) is 0 Å². The van der Waals surface area contributed by atoms with Crippen LogP contribution in [-0.4, -0.2) is 18.9 Å². The van der Waals surface area contributed by atoms with Crippen molar-refractivity contribution in [1.82, 2.24) is 18.9 Å². The molecule has 0 aliphatic carbocycles. The summed E-state index contributed by atoms with van der Waals surface area (Å²) >= 11 is 1.81. The summed E-state index contributed by atoms with van der Waals surface area (Å²) in [5.74, 6) is 0. The summed E-state index contributed by atoms with van der Waals surface area (Å²) in [6.45, 7) is 4.60. The number of fused-ring (bicyclic) bond motifs is 12. The summed E-state index contributed by atoms with van der Waals surface area (Å²) in [5, 5.41) is 5.06. The molecule has 238 valence electrons. The van der Waals surface area contributed by atoms with Crippen LogP contribution in [0.2, 0.25) is 0 Å². The standard InChI is InChI=1S/C42H27FN4S.Pt/c1-42(2)33-13-4-6-15-35(33)48-36-19-18-30-31-12-8-20-44-41(31)47(39(30)37(36)42)27-10-7-9-25(23-27)38(43)26-16-17-28-29-11-3-5-14-34(29)46-22-21-45-40(46)32(28)24-26;/h3-22,38H,1-2H3;/q-2;+2. The van der Waals surface area contributed by atoms with E-state index in [1.165, 1.54) is 20.9 Å². The third-order valence-corrected chi connectivity index (χ3v) is 11.1. The van der Waals surface area contributed by atoms with Gasteiger partial charge in [-0.05, 0) is 41.3 Å². The van der Waals surface area contributed by atoms with E-state index in [9.17, 15) is 0 Å². The van der Waals surface area contributed by atoms with E-state index in [4.69, 9.17) is 4.98 Å². The summed E-state index contributed by atoms with van der Waals surface area (Å²) in [7, 11) is 0. The molecule has 5 heterocycles. The quantitative estimate of drug-likeness (QED) is 0.131. The molecule has 4 nitrogen and oxygen atoms in total. The number of imidazole rings is 1. The van der Waals surface area contributed by atoms with E-state index in [1.807, 2.05) is 65.3 Å². The SMILES string of the molecule is CC1(C)c2ccccc2Sc2ccc3c4cccnc4n(-c4[c-]c(C(F)c5[c-]c6c(cc5)c5ccccc5n5ccnc65)ccc4)c3c21.[Pt+2]. The fourth-order valence-electron chi connectivity index (χ4n) is 7.73. The molecular formula is C42H27FN4PtS. The van der Waals surface area contributed by atoms with Gasteiger partial charge in [-0.25, -0.2) is 9.37 Å². The van der Waals surface area contributed by atoms with Gasteiger partial charge in [0, 0.05) is 55.6 Å². The van der Waals surface area contributed by atoms with Crippen molar-refractivity contribution in [3.8, 4) is 5.69 Å². The normalized spacial score (nSPS) is 14.3. The zero-order valence-corrected chi connectivity index (χ0v) is 29.6. The maximum atomic E-state index is 16.7. The van der Waals surface area contributed by atoms with Crippen LogP contribution in [0, 0.1) is 12.1 Å². The predicted octanol–water partition coefficient (Wildman–Crippen LogP) is 10.6. The molecule has 0 saturated heterocycles. The predicted molar refractivity (Wildman–Crippen MR) is 192 cm³/mol. The number of halogens is 1. The van der Waals surface area contributed by atoms with Crippen LogP contribution in [0.1, 0.15) is 42.3 Å². The van der Waals surface area contributed by atoms with Crippen LogP contribution in [0.3, 0.4) is 0 Å². The molecule has 1 aliphatic heterocycles. The average molecular weight is 834 g/mol. The Morgan fingerprint density at radius 1 is 0.694 bits per heavy atom. The maximum absolute atomic E-state index is 16.7. The molecule has 0 saturated carbocycles. The Balaban J connectivity index is 0.00000325. The zero-order chi connectivity index (χ0) is 32.1. The Labute approximate surface area is 300 Å². The summed E-state index contributed by atoms with van der Waals surface area (Å²) in [6, 6.07) is 41.9. The van der Waals surface area contributed by atoms with Crippen molar-refractivity contribution in [3.63, 3.8) is 0 Å². The fourth-order valence-corrected chi connectivity index (χ4v) is 9.14. The van der Waals surface area contributed by atoms with E-state index in [0.717, 1.165) is 54.9 Å². The second-order valence-electron chi connectivity index (χ2n) is 13.0. The summed E-state index contributed by atoms with van der Waals surface area (Å²) in [4.78, 5) is 12.0. The Kier molecular flexibility index (Phi) is 6.88. The molecule has 0 amide bonds. The smallest absolute Gasteiger partial charge is 0.340 e. The molecule has 1 aliphatic rings. The van der Waals surface area contributed by atoms with E-state index in [-0.39, 0.29) is 26.5 Å². The van der Waals surface area contributed by atoms with Gasteiger partial charge in [0.25, 0.3) is 0 Å². The number of para-hydroxylation sites is 1. The molecule has 49 heavy (non-hydrogen) atoms. The van der Waals surface area contributed by atoms with Gasteiger partial charge in [-0.3, -0.25) is 4.98 Å². The first-order valence-electron chi connectivity index (χ1n) is 16.1. The van der Waals surface area contributed by atoms with E-state index >= 15 is 4.39 Å². The summed E-state index contributed by atoms with van der Waals surface area (Å²) in [6.07, 6.45) is 4.11.